The molecule has 1 aliphatic rings. The molecule has 1 saturated heterocycles. The highest BCUT2D eigenvalue weighted by Gasteiger charge is 2.22. The molecule has 6 heteroatoms. The second-order valence-corrected chi connectivity index (χ2v) is 8.66. The minimum Gasteiger partial charge on any atom is -0.339 e. The van der Waals surface area contributed by atoms with Crippen molar-refractivity contribution in [2.75, 3.05) is 24.2 Å². The molecule has 2 amide bonds. The van der Waals surface area contributed by atoms with Crippen LogP contribution < -0.4 is 5.32 Å². The lowest BCUT2D eigenvalue weighted by molar-refractivity contribution is -0.113. The maximum Gasteiger partial charge on any atom is 0.254 e. The molecular weight excluding hydrogens is 424 g/mol. The van der Waals surface area contributed by atoms with Crippen LogP contribution in [0, 0.1) is 13.8 Å². The van der Waals surface area contributed by atoms with Gasteiger partial charge in [-0.3, -0.25) is 9.59 Å². The molecule has 0 atom stereocenters. The fraction of sp³-hybridized carbons (Fsp3) is 0.333. The molecule has 0 saturated carbocycles. The lowest BCUT2D eigenvalue weighted by atomic mass is 10.1. The third-order valence-corrected chi connectivity index (χ3v) is 6.40. The lowest BCUT2D eigenvalue weighted by Crippen LogP contribution is -2.28. The van der Waals surface area contributed by atoms with Gasteiger partial charge in [0.05, 0.1) is 5.75 Å². The van der Waals surface area contributed by atoms with E-state index in [0.29, 0.717) is 17.0 Å². The molecule has 1 aliphatic heterocycles. The third-order valence-electron chi connectivity index (χ3n) is 4.73. The Morgan fingerprint density at radius 3 is 2.59 bits per heavy atom. The van der Waals surface area contributed by atoms with Crippen molar-refractivity contribution in [2.45, 2.75) is 31.6 Å². The number of halogens is 1. The molecule has 0 spiro atoms. The number of anilines is 1. The first-order valence-corrected chi connectivity index (χ1v) is 10.8. The van der Waals surface area contributed by atoms with Crippen LogP contribution in [-0.4, -0.2) is 35.6 Å². The molecule has 2 aromatic carbocycles. The topological polar surface area (TPSA) is 49.4 Å². The van der Waals surface area contributed by atoms with E-state index < -0.39 is 0 Å². The predicted octanol–water partition coefficient (Wildman–Crippen LogP) is 5.03. The van der Waals surface area contributed by atoms with Crippen molar-refractivity contribution in [1.29, 1.82) is 0 Å². The Kier molecular flexibility index (Phi) is 6.60. The zero-order valence-corrected chi connectivity index (χ0v) is 18.0. The number of carbonyl (C=O) groups is 2. The van der Waals surface area contributed by atoms with E-state index in [1.165, 1.54) is 11.8 Å². The van der Waals surface area contributed by atoms with Crippen molar-refractivity contribution in [3.63, 3.8) is 0 Å². The molecule has 4 nitrogen and oxygen atoms in total. The zero-order chi connectivity index (χ0) is 19.4. The normalized spacial score (nSPS) is 13.7. The summed E-state index contributed by atoms with van der Waals surface area (Å²) in [5, 5.41) is 2.96. The number of likely N-dealkylation sites (tertiary alicyclic amines) is 1. The number of amides is 2. The third kappa shape index (κ3) is 4.93. The number of rotatable bonds is 5. The van der Waals surface area contributed by atoms with Gasteiger partial charge in [0.25, 0.3) is 5.91 Å². The number of nitrogens with zero attached hydrogens (tertiary/aromatic N) is 1. The molecule has 3 rings (SSSR count). The van der Waals surface area contributed by atoms with Crippen molar-refractivity contribution in [2.24, 2.45) is 0 Å². The van der Waals surface area contributed by atoms with Crippen LogP contribution in [0.4, 0.5) is 5.69 Å². The summed E-state index contributed by atoms with van der Waals surface area (Å²) in [7, 11) is 0. The number of aryl methyl sites for hydroxylation is 1. The zero-order valence-electron chi connectivity index (χ0n) is 15.5. The number of benzene rings is 2. The molecule has 1 N–H and O–H groups in total. The van der Waals surface area contributed by atoms with Gasteiger partial charge in [0.15, 0.2) is 0 Å². The van der Waals surface area contributed by atoms with Gasteiger partial charge in [0.1, 0.15) is 0 Å². The van der Waals surface area contributed by atoms with Gasteiger partial charge in [-0.1, -0.05) is 22.0 Å². The predicted molar refractivity (Wildman–Crippen MR) is 115 cm³/mol. The summed E-state index contributed by atoms with van der Waals surface area (Å²) in [4.78, 5) is 28.1. The van der Waals surface area contributed by atoms with Gasteiger partial charge in [-0.2, -0.15) is 0 Å². The van der Waals surface area contributed by atoms with Gasteiger partial charge in [-0.15, -0.1) is 11.8 Å². The molecule has 0 unspecified atom stereocenters. The minimum atomic E-state index is -0.0730. The van der Waals surface area contributed by atoms with Crippen LogP contribution in [0.5, 0.6) is 0 Å². The molecule has 0 aromatic heterocycles. The highest BCUT2D eigenvalue weighted by Crippen LogP contribution is 2.26. The maximum atomic E-state index is 12.7. The molecule has 1 heterocycles. The standard InChI is InChI=1S/C21H23BrN2O2S/c1-14-12-16(22)8-9-19(14)27-13-20(25)23-18-7-5-6-17(15(18)2)21(26)24-10-3-4-11-24/h5-9,12H,3-4,10-11,13H2,1-2H3,(H,23,25). The van der Waals surface area contributed by atoms with Crippen molar-refractivity contribution in [3.8, 4) is 0 Å². The number of thioether (sulfide) groups is 1. The lowest BCUT2D eigenvalue weighted by Gasteiger charge is -2.18. The van der Waals surface area contributed by atoms with Crippen molar-refractivity contribution in [3.05, 3.63) is 57.6 Å². The van der Waals surface area contributed by atoms with E-state index in [1.54, 1.807) is 0 Å². The summed E-state index contributed by atoms with van der Waals surface area (Å²) in [6.45, 7) is 5.56. The van der Waals surface area contributed by atoms with Crippen LogP contribution in [0.2, 0.25) is 0 Å². The Labute approximate surface area is 172 Å². The van der Waals surface area contributed by atoms with Gasteiger partial charge >= 0.3 is 0 Å². The van der Waals surface area contributed by atoms with Gasteiger partial charge in [0.2, 0.25) is 5.91 Å². The summed E-state index contributed by atoms with van der Waals surface area (Å²) in [6, 6.07) is 11.5. The Morgan fingerprint density at radius 1 is 1.15 bits per heavy atom. The van der Waals surface area contributed by atoms with Gasteiger partial charge in [0, 0.05) is 33.7 Å². The average molecular weight is 447 g/mol. The Hall–Kier alpha value is -1.79. The van der Waals surface area contributed by atoms with E-state index in [4.69, 9.17) is 0 Å². The Balaban J connectivity index is 1.65. The van der Waals surface area contributed by atoms with Crippen LogP contribution in [0.3, 0.4) is 0 Å². The first-order chi connectivity index (χ1) is 13.0. The second-order valence-electron chi connectivity index (χ2n) is 6.72. The fourth-order valence-corrected chi connectivity index (χ4v) is 4.48. The quantitative estimate of drug-likeness (QED) is 0.654. The van der Waals surface area contributed by atoms with Crippen LogP contribution >= 0.6 is 27.7 Å². The van der Waals surface area contributed by atoms with Gasteiger partial charge in [-0.25, -0.2) is 0 Å². The van der Waals surface area contributed by atoms with Crippen LogP contribution in [0.15, 0.2) is 45.8 Å². The number of hydrogen-bond acceptors (Lipinski definition) is 3. The summed E-state index contributed by atoms with van der Waals surface area (Å²) >= 11 is 4.96. The molecule has 0 radical (unpaired) electrons. The molecule has 0 bridgehead atoms. The Bertz CT molecular complexity index is 863. The summed E-state index contributed by atoms with van der Waals surface area (Å²) in [5.74, 6) is 0.309. The fourth-order valence-electron chi connectivity index (χ4n) is 3.20. The van der Waals surface area contributed by atoms with Crippen LogP contribution in [0.1, 0.15) is 34.3 Å². The van der Waals surface area contributed by atoms with E-state index in [0.717, 1.165) is 46.4 Å². The monoisotopic (exact) mass is 446 g/mol. The van der Waals surface area contributed by atoms with E-state index in [2.05, 4.69) is 21.2 Å². The maximum absolute atomic E-state index is 12.7. The molecular formula is C21H23BrN2O2S. The molecule has 1 fully saturated rings. The van der Waals surface area contributed by atoms with Crippen molar-refractivity contribution < 1.29 is 9.59 Å². The molecule has 2 aromatic rings. The van der Waals surface area contributed by atoms with Crippen molar-refractivity contribution in [1.82, 2.24) is 4.90 Å². The largest absolute Gasteiger partial charge is 0.339 e. The van der Waals surface area contributed by atoms with Gasteiger partial charge in [-0.05, 0) is 68.1 Å². The Morgan fingerprint density at radius 2 is 1.89 bits per heavy atom. The highest BCUT2D eigenvalue weighted by molar-refractivity contribution is 9.10. The first kappa shape index (κ1) is 20.0. The second kappa shape index (κ2) is 8.93. The van der Waals surface area contributed by atoms with E-state index in [1.807, 2.05) is 55.1 Å². The van der Waals surface area contributed by atoms with Crippen LogP contribution in [-0.2, 0) is 4.79 Å². The summed E-state index contributed by atoms with van der Waals surface area (Å²) in [6.07, 6.45) is 2.13. The number of hydrogen-bond donors (Lipinski definition) is 1. The summed E-state index contributed by atoms with van der Waals surface area (Å²) in [5.41, 5.74) is 3.34. The smallest absolute Gasteiger partial charge is 0.254 e. The number of carbonyl (C=O) groups excluding carboxylic acids is 2. The highest BCUT2D eigenvalue weighted by atomic mass is 79.9. The average Bonchev–Trinajstić information content (AvgIpc) is 3.17. The molecule has 27 heavy (non-hydrogen) atoms. The summed E-state index contributed by atoms with van der Waals surface area (Å²) < 4.78 is 1.03. The van der Waals surface area contributed by atoms with E-state index in [-0.39, 0.29) is 11.8 Å². The first-order valence-electron chi connectivity index (χ1n) is 9.03. The molecule has 0 aliphatic carbocycles. The van der Waals surface area contributed by atoms with E-state index in [9.17, 15) is 9.59 Å². The minimum absolute atomic E-state index is 0.0564. The van der Waals surface area contributed by atoms with Crippen LogP contribution in [0.25, 0.3) is 0 Å². The molecule has 142 valence electrons. The number of nitrogens with one attached hydrogen (secondary N) is 1. The van der Waals surface area contributed by atoms with Gasteiger partial charge < -0.3 is 10.2 Å². The van der Waals surface area contributed by atoms with Crippen molar-refractivity contribution >= 4 is 45.2 Å². The van der Waals surface area contributed by atoms with E-state index >= 15 is 0 Å². The SMILES string of the molecule is Cc1cc(Br)ccc1SCC(=O)Nc1cccc(C(=O)N2CCCC2)c1C.